The van der Waals surface area contributed by atoms with Gasteiger partial charge in [-0.2, -0.15) is 0 Å². The van der Waals surface area contributed by atoms with Crippen LogP contribution in [0.4, 0.5) is 0 Å². The topological polar surface area (TPSA) is 75.3 Å². The molecule has 7 heteroatoms. The van der Waals surface area contributed by atoms with E-state index in [4.69, 9.17) is 11.6 Å². The summed E-state index contributed by atoms with van der Waals surface area (Å²) in [4.78, 5) is 17.5. The van der Waals surface area contributed by atoms with Crippen molar-refractivity contribution in [2.45, 2.75) is 6.92 Å². The van der Waals surface area contributed by atoms with E-state index in [1.165, 1.54) is 15.9 Å². The number of benzene rings is 2. The second-order valence-electron chi connectivity index (χ2n) is 6.25. The normalized spacial score (nSPS) is 10.9. The Morgan fingerprint density at radius 3 is 2.36 bits per heavy atom. The summed E-state index contributed by atoms with van der Waals surface area (Å²) >= 11 is 7.21. The molecule has 4 rings (SSSR count). The zero-order valence-corrected chi connectivity index (χ0v) is 16.3. The molecule has 5 nitrogen and oxygen atoms in total. The van der Waals surface area contributed by atoms with Gasteiger partial charge in [-0.3, -0.25) is 9.36 Å². The summed E-state index contributed by atoms with van der Waals surface area (Å²) in [7, 11) is 0. The van der Waals surface area contributed by atoms with Crippen LogP contribution in [0.5, 0.6) is 11.6 Å². The molecule has 2 aromatic carbocycles. The lowest BCUT2D eigenvalue weighted by atomic mass is 9.99. The van der Waals surface area contributed by atoms with Gasteiger partial charge in [-0.25, -0.2) is 4.98 Å². The molecule has 2 aromatic heterocycles. The summed E-state index contributed by atoms with van der Waals surface area (Å²) in [6.45, 7) is 1.96. The molecule has 0 amide bonds. The highest BCUT2D eigenvalue weighted by Gasteiger charge is 2.30. The van der Waals surface area contributed by atoms with Crippen LogP contribution in [0.15, 0.2) is 60.1 Å². The Labute approximate surface area is 170 Å². The van der Waals surface area contributed by atoms with E-state index < -0.39 is 17.4 Å². The van der Waals surface area contributed by atoms with Crippen LogP contribution in [-0.2, 0) is 0 Å². The quantitative estimate of drug-likeness (QED) is 0.453. The van der Waals surface area contributed by atoms with Gasteiger partial charge in [0.05, 0.1) is 11.3 Å². The van der Waals surface area contributed by atoms with Gasteiger partial charge in [0.2, 0.25) is 5.88 Å². The van der Waals surface area contributed by atoms with Gasteiger partial charge in [0, 0.05) is 22.2 Å². The first kappa shape index (κ1) is 18.3. The summed E-state index contributed by atoms with van der Waals surface area (Å²) < 4.78 is 1.40. The number of carbonyl (C=O) groups is 1. The van der Waals surface area contributed by atoms with Crippen molar-refractivity contribution in [3.05, 3.63) is 81.8 Å². The molecule has 0 unspecified atom stereocenters. The van der Waals surface area contributed by atoms with E-state index in [1.54, 1.807) is 35.8 Å². The van der Waals surface area contributed by atoms with Crippen LogP contribution in [-0.4, -0.2) is 25.5 Å². The maximum absolute atomic E-state index is 13.2. The minimum absolute atomic E-state index is 0.0128. The van der Waals surface area contributed by atoms with Gasteiger partial charge in [0.15, 0.2) is 16.7 Å². The number of aromatic hydroxyl groups is 2. The number of hydrogen-bond acceptors (Lipinski definition) is 5. The monoisotopic (exact) mass is 410 g/mol. The van der Waals surface area contributed by atoms with E-state index in [9.17, 15) is 15.0 Å². The fourth-order valence-electron chi connectivity index (χ4n) is 3.01. The maximum atomic E-state index is 13.2. The first-order valence-electron chi connectivity index (χ1n) is 8.41. The molecule has 0 saturated carbocycles. The number of carbonyl (C=O) groups excluding carboxylic acids is 1. The van der Waals surface area contributed by atoms with E-state index in [2.05, 4.69) is 4.98 Å². The molecule has 0 atom stereocenters. The third-order valence-electron chi connectivity index (χ3n) is 4.39. The molecule has 2 heterocycles. The molecule has 28 heavy (non-hydrogen) atoms. The zero-order valence-electron chi connectivity index (χ0n) is 14.8. The molecule has 0 aliphatic rings. The third-order valence-corrected chi connectivity index (χ3v) is 5.40. The van der Waals surface area contributed by atoms with Crippen molar-refractivity contribution in [3.63, 3.8) is 0 Å². The smallest absolute Gasteiger partial charge is 0.242 e. The number of ketones is 1. The largest absolute Gasteiger partial charge is 0.503 e. The lowest BCUT2D eigenvalue weighted by molar-refractivity contribution is 0.103. The summed E-state index contributed by atoms with van der Waals surface area (Å²) in [6.07, 6.45) is 1.59. The Morgan fingerprint density at radius 2 is 1.75 bits per heavy atom. The molecule has 0 aliphatic carbocycles. The van der Waals surface area contributed by atoms with Crippen molar-refractivity contribution < 1.29 is 15.0 Å². The molecular weight excluding hydrogens is 396 g/mol. The predicted octanol–water partition coefficient (Wildman–Crippen LogP) is 5.20. The maximum Gasteiger partial charge on any atom is 0.242 e. The molecule has 0 spiro atoms. The van der Waals surface area contributed by atoms with Gasteiger partial charge in [0.1, 0.15) is 0 Å². The van der Waals surface area contributed by atoms with Crippen LogP contribution in [0.3, 0.4) is 0 Å². The molecule has 0 saturated heterocycles. The van der Waals surface area contributed by atoms with Gasteiger partial charge in [-0.1, -0.05) is 41.4 Å². The molecule has 0 aliphatic heterocycles. The molecule has 140 valence electrons. The Hall–Kier alpha value is -3.09. The summed E-state index contributed by atoms with van der Waals surface area (Å²) in [6, 6.07) is 13.9. The lowest BCUT2D eigenvalue weighted by Crippen LogP contribution is -2.04. The highest BCUT2D eigenvalue weighted by molar-refractivity contribution is 7.12. The van der Waals surface area contributed by atoms with Crippen LogP contribution in [0.25, 0.3) is 16.4 Å². The van der Waals surface area contributed by atoms with Crippen LogP contribution in [0.1, 0.15) is 21.5 Å². The second kappa shape index (κ2) is 7.14. The van der Waals surface area contributed by atoms with E-state index >= 15 is 0 Å². The van der Waals surface area contributed by atoms with Crippen LogP contribution in [0.2, 0.25) is 5.02 Å². The predicted molar refractivity (Wildman–Crippen MR) is 110 cm³/mol. The first-order chi connectivity index (χ1) is 13.5. The van der Waals surface area contributed by atoms with E-state index in [0.717, 1.165) is 5.56 Å². The van der Waals surface area contributed by atoms with Crippen molar-refractivity contribution in [2.75, 3.05) is 0 Å². The summed E-state index contributed by atoms with van der Waals surface area (Å²) in [5.41, 5.74) is 2.47. The van der Waals surface area contributed by atoms with E-state index in [1.807, 2.05) is 31.2 Å². The Bertz CT molecular complexity index is 1150. The molecule has 0 bridgehead atoms. The van der Waals surface area contributed by atoms with Gasteiger partial charge in [-0.15, -0.1) is 11.3 Å². The van der Waals surface area contributed by atoms with Gasteiger partial charge >= 0.3 is 0 Å². The van der Waals surface area contributed by atoms with Gasteiger partial charge in [0.25, 0.3) is 0 Å². The third kappa shape index (κ3) is 3.06. The van der Waals surface area contributed by atoms with Crippen molar-refractivity contribution in [1.82, 2.24) is 9.55 Å². The number of aryl methyl sites for hydroxylation is 1. The van der Waals surface area contributed by atoms with Crippen LogP contribution < -0.4 is 0 Å². The average Bonchev–Trinajstić information content (AvgIpc) is 3.30. The first-order valence-corrected chi connectivity index (χ1v) is 9.67. The number of halogens is 1. The van der Waals surface area contributed by atoms with Gasteiger partial charge < -0.3 is 10.2 Å². The average molecular weight is 411 g/mol. The minimum atomic E-state index is -0.481. The zero-order chi connectivity index (χ0) is 19.8. The molecule has 2 N–H and O–H groups in total. The molecule has 0 radical (unpaired) electrons. The molecule has 4 aromatic rings. The lowest BCUT2D eigenvalue weighted by Gasteiger charge is -2.10. The van der Waals surface area contributed by atoms with Crippen molar-refractivity contribution in [1.29, 1.82) is 0 Å². The Morgan fingerprint density at radius 1 is 1.07 bits per heavy atom. The van der Waals surface area contributed by atoms with Crippen molar-refractivity contribution in [3.8, 4) is 28.0 Å². The summed E-state index contributed by atoms with van der Waals surface area (Å²) in [5.74, 6) is -1.33. The van der Waals surface area contributed by atoms with E-state index in [-0.39, 0.29) is 5.56 Å². The second-order valence-corrected chi connectivity index (χ2v) is 7.56. The summed E-state index contributed by atoms with van der Waals surface area (Å²) in [5, 5.41) is 24.0. The fourth-order valence-corrected chi connectivity index (χ4v) is 3.78. The minimum Gasteiger partial charge on any atom is -0.503 e. The highest BCUT2D eigenvalue weighted by atomic mass is 35.5. The highest BCUT2D eigenvalue weighted by Crippen LogP contribution is 2.44. The van der Waals surface area contributed by atoms with Crippen molar-refractivity contribution >= 4 is 28.7 Å². The number of thiazole rings is 1. The standard InChI is InChI=1S/C21H15ClN2O3S/c1-12-2-4-13(5-3-12)17-16(18(25)14-6-8-15(22)9-7-14)19(26)20(27)24(17)21-23-10-11-28-21/h2-11,26-27H,1H3. The van der Waals surface area contributed by atoms with Crippen LogP contribution in [0, 0.1) is 6.92 Å². The Balaban J connectivity index is 2.00. The number of aromatic nitrogens is 2. The number of hydrogen-bond donors (Lipinski definition) is 2. The fraction of sp³-hybridized carbons (Fsp3) is 0.0476. The van der Waals surface area contributed by atoms with Gasteiger partial charge in [-0.05, 0) is 36.8 Å². The van der Waals surface area contributed by atoms with E-state index in [0.29, 0.717) is 27.0 Å². The van der Waals surface area contributed by atoms with Crippen molar-refractivity contribution in [2.24, 2.45) is 0 Å². The Kier molecular flexibility index (Phi) is 4.66. The molecule has 0 fully saturated rings. The molecular formula is C21H15ClN2O3S. The van der Waals surface area contributed by atoms with Crippen LogP contribution >= 0.6 is 22.9 Å². The number of rotatable bonds is 4. The number of nitrogens with zero attached hydrogens (tertiary/aromatic N) is 2. The SMILES string of the molecule is Cc1ccc(-c2c(C(=O)c3ccc(Cl)cc3)c(O)c(O)n2-c2nccs2)cc1.